The lowest BCUT2D eigenvalue weighted by molar-refractivity contribution is 0.337. The van der Waals surface area contributed by atoms with Crippen molar-refractivity contribution in [3.8, 4) is 0 Å². The summed E-state index contributed by atoms with van der Waals surface area (Å²) in [5, 5.41) is 3.33. The number of nitrogens with zero attached hydrogens (tertiary/aromatic N) is 2. The van der Waals surface area contributed by atoms with Gasteiger partial charge in [0.15, 0.2) is 0 Å². The van der Waals surface area contributed by atoms with Crippen molar-refractivity contribution in [2.24, 2.45) is 0 Å². The molecule has 1 atom stereocenters. The van der Waals surface area contributed by atoms with Crippen LogP contribution < -0.4 is 10.2 Å². The highest BCUT2D eigenvalue weighted by Crippen LogP contribution is 2.26. The molecule has 1 aromatic rings. The Kier molecular flexibility index (Phi) is 6.00. The maximum atomic E-state index is 14.3. The minimum absolute atomic E-state index is 0.0964. The standard InChI is InChI=1S/C17H28FN3/c1-4-9-19-12-15-16(18)7-5-8-17(15)21-11-6-10-20(3)13-14(21)2/h5,7-8,14,19H,4,6,9-13H2,1-3H3. The lowest BCUT2D eigenvalue weighted by atomic mass is 10.1. The molecule has 1 aliphatic heterocycles. The van der Waals surface area contributed by atoms with E-state index in [9.17, 15) is 4.39 Å². The van der Waals surface area contributed by atoms with Gasteiger partial charge in [0, 0.05) is 36.9 Å². The summed E-state index contributed by atoms with van der Waals surface area (Å²) in [6.07, 6.45) is 2.19. The maximum absolute atomic E-state index is 14.3. The van der Waals surface area contributed by atoms with Gasteiger partial charge < -0.3 is 15.1 Å². The Morgan fingerprint density at radius 2 is 2.14 bits per heavy atom. The zero-order valence-electron chi connectivity index (χ0n) is 13.5. The van der Waals surface area contributed by atoms with E-state index in [0.29, 0.717) is 12.6 Å². The lowest BCUT2D eigenvalue weighted by Gasteiger charge is -2.32. The minimum atomic E-state index is -0.0964. The van der Waals surface area contributed by atoms with Crippen LogP contribution in [0.2, 0.25) is 0 Å². The predicted molar refractivity (Wildman–Crippen MR) is 87.3 cm³/mol. The van der Waals surface area contributed by atoms with Crippen LogP contribution in [0.4, 0.5) is 10.1 Å². The van der Waals surface area contributed by atoms with Crippen LogP contribution in [0.25, 0.3) is 0 Å². The number of nitrogens with one attached hydrogen (secondary N) is 1. The van der Waals surface area contributed by atoms with Crippen LogP contribution in [0, 0.1) is 5.82 Å². The highest BCUT2D eigenvalue weighted by molar-refractivity contribution is 5.55. The zero-order chi connectivity index (χ0) is 15.2. The number of hydrogen-bond donors (Lipinski definition) is 1. The van der Waals surface area contributed by atoms with Gasteiger partial charge >= 0.3 is 0 Å². The van der Waals surface area contributed by atoms with Crippen molar-refractivity contribution in [1.82, 2.24) is 10.2 Å². The van der Waals surface area contributed by atoms with E-state index < -0.39 is 0 Å². The number of anilines is 1. The van der Waals surface area contributed by atoms with Gasteiger partial charge in [-0.3, -0.25) is 0 Å². The fourth-order valence-corrected chi connectivity index (χ4v) is 3.11. The van der Waals surface area contributed by atoms with E-state index in [4.69, 9.17) is 0 Å². The average molecular weight is 293 g/mol. The highest BCUT2D eigenvalue weighted by atomic mass is 19.1. The molecule has 0 aliphatic carbocycles. The molecule has 1 N–H and O–H groups in total. The number of benzene rings is 1. The van der Waals surface area contributed by atoms with Gasteiger partial charge in [0.25, 0.3) is 0 Å². The first-order chi connectivity index (χ1) is 10.1. The van der Waals surface area contributed by atoms with Crippen LogP contribution in [0.3, 0.4) is 0 Å². The molecule has 1 fully saturated rings. The summed E-state index contributed by atoms with van der Waals surface area (Å²) in [6.45, 7) is 9.02. The fourth-order valence-electron chi connectivity index (χ4n) is 3.11. The van der Waals surface area contributed by atoms with Crippen molar-refractivity contribution >= 4 is 5.69 Å². The van der Waals surface area contributed by atoms with E-state index in [1.54, 1.807) is 6.07 Å². The van der Waals surface area contributed by atoms with E-state index in [2.05, 4.69) is 42.1 Å². The van der Waals surface area contributed by atoms with E-state index in [1.165, 1.54) is 0 Å². The van der Waals surface area contributed by atoms with Gasteiger partial charge in [-0.25, -0.2) is 4.39 Å². The Bertz CT molecular complexity index is 450. The molecule has 1 unspecified atom stereocenters. The van der Waals surface area contributed by atoms with E-state index in [-0.39, 0.29) is 5.82 Å². The second-order valence-electron chi connectivity index (χ2n) is 6.07. The summed E-state index contributed by atoms with van der Waals surface area (Å²) >= 11 is 0. The SMILES string of the molecule is CCCNCc1c(F)cccc1N1CCCN(C)CC1C. The molecule has 4 heteroatoms. The highest BCUT2D eigenvalue weighted by Gasteiger charge is 2.22. The predicted octanol–water partition coefficient (Wildman–Crippen LogP) is 2.86. The number of likely N-dealkylation sites (N-methyl/N-ethyl adjacent to an activating group) is 1. The number of rotatable bonds is 5. The second kappa shape index (κ2) is 7.76. The molecule has 0 aromatic heterocycles. The molecular formula is C17H28FN3. The topological polar surface area (TPSA) is 18.5 Å². The molecule has 0 saturated carbocycles. The van der Waals surface area contributed by atoms with Crippen LogP contribution in [0.1, 0.15) is 32.3 Å². The van der Waals surface area contributed by atoms with Gasteiger partial charge in [0.1, 0.15) is 5.82 Å². The van der Waals surface area contributed by atoms with Crippen molar-refractivity contribution in [3.63, 3.8) is 0 Å². The maximum Gasteiger partial charge on any atom is 0.129 e. The Balaban J connectivity index is 2.22. The third-order valence-electron chi connectivity index (χ3n) is 4.18. The quantitative estimate of drug-likeness (QED) is 0.842. The number of halogens is 1. The molecule has 1 aromatic carbocycles. The van der Waals surface area contributed by atoms with Crippen LogP contribution in [0.5, 0.6) is 0 Å². The Labute approximate surface area is 128 Å². The molecule has 0 amide bonds. The van der Waals surface area contributed by atoms with E-state index in [1.807, 2.05) is 6.07 Å². The van der Waals surface area contributed by atoms with Crippen molar-refractivity contribution in [2.75, 3.05) is 38.1 Å². The third-order valence-corrected chi connectivity index (χ3v) is 4.18. The van der Waals surface area contributed by atoms with Gasteiger partial charge in [0.2, 0.25) is 0 Å². The Morgan fingerprint density at radius 1 is 1.33 bits per heavy atom. The van der Waals surface area contributed by atoms with Crippen molar-refractivity contribution in [2.45, 2.75) is 39.3 Å². The monoisotopic (exact) mass is 293 g/mol. The molecule has 1 aliphatic rings. The molecule has 3 nitrogen and oxygen atoms in total. The largest absolute Gasteiger partial charge is 0.367 e. The first-order valence-corrected chi connectivity index (χ1v) is 8.06. The fraction of sp³-hybridized carbons (Fsp3) is 0.647. The summed E-state index contributed by atoms with van der Waals surface area (Å²) in [5.74, 6) is -0.0964. The molecule has 1 saturated heterocycles. The van der Waals surface area contributed by atoms with Crippen molar-refractivity contribution < 1.29 is 4.39 Å². The van der Waals surface area contributed by atoms with Crippen LogP contribution in [-0.2, 0) is 6.54 Å². The smallest absolute Gasteiger partial charge is 0.129 e. The summed E-state index contributed by atoms with van der Waals surface area (Å²) in [4.78, 5) is 4.73. The summed E-state index contributed by atoms with van der Waals surface area (Å²) < 4.78 is 14.3. The molecule has 0 radical (unpaired) electrons. The van der Waals surface area contributed by atoms with E-state index in [0.717, 1.165) is 50.3 Å². The van der Waals surface area contributed by atoms with Crippen LogP contribution >= 0.6 is 0 Å². The van der Waals surface area contributed by atoms with Gasteiger partial charge in [-0.15, -0.1) is 0 Å². The Morgan fingerprint density at radius 3 is 2.90 bits per heavy atom. The molecule has 1 heterocycles. The summed E-state index contributed by atoms with van der Waals surface area (Å²) in [7, 11) is 2.16. The Hall–Kier alpha value is -1.13. The van der Waals surface area contributed by atoms with Crippen molar-refractivity contribution in [1.29, 1.82) is 0 Å². The molecule has 2 rings (SSSR count). The van der Waals surface area contributed by atoms with E-state index >= 15 is 0 Å². The van der Waals surface area contributed by atoms with Gasteiger partial charge in [0.05, 0.1) is 0 Å². The van der Waals surface area contributed by atoms with Gasteiger partial charge in [-0.2, -0.15) is 0 Å². The normalized spacial score (nSPS) is 20.6. The molecule has 0 spiro atoms. The zero-order valence-corrected chi connectivity index (χ0v) is 13.5. The minimum Gasteiger partial charge on any atom is -0.367 e. The van der Waals surface area contributed by atoms with Gasteiger partial charge in [-0.1, -0.05) is 13.0 Å². The van der Waals surface area contributed by atoms with Crippen LogP contribution in [-0.4, -0.2) is 44.2 Å². The molecule has 0 bridgehead atoms. The summed E-state index contributed by atoms with van der Waals surface area (Å²) in [6, 6.07) is 5.87. The summed E-state index contributed by atoms with van der Waals surface area (Å²) in [5.41, 5.74) is 1.86. The first-order valence-electron chi connectivity index (χ1n) is 8.06. The third kappa shape index (κ3) is 4.17. The average Bonchev–Trinajstić information content (AvgIpc) is 2.61. The van der Waals surface area contributed by atoms with Crippen LogP contribution in [0.15, 0.2) is 18.2 Å². The molecule has 118 valence electrons. The van der Waals surface area contributed by atoms with Crippen molar-refractivity contribution in [3.05, 3.63) is 29.6 Å². The first kappa shape index (κ1) is 16.2. The lowest BCUT2D eigenvalue weighted by Crippen LogP contribution is -2.38. The second-order valence-corrected chi connectivity index (χ2v) is 6.07. The molecule has 21 heavy (non-hydrogen) atoms. The number of hydrogen-bond acceptors (Lipinski definition) is 3. The van der Waals surface area contributed by atoms with Gasteiger partial charge in [-0.05, 0) is 52.0 Å². The molecular weight excluding hydrogens is 265 g/mol.